The minimum Gasteiger partial charge on any atom is -0.472 e. The molecule has 0 saturated carbocycles. The van der Waals surface area contributed by atoms with Gasteiger partial charge in [0.2, 0.25) is 11.8 Å². The molecule has 6 rings (SSSR count). The number of anilines is 1. The lowest BCUT2D eigenvalue weighted by Gasteiger charge is -2.12. The number of carbonyl (C=O) groups excluding carboxylic acids is 1. The largest absolute Gasteiger partial charge is 0.472 e. The Balaban J connectivity index is 1.45. The molecule has 0 aliphatic rings. The second-order valence-electron chi connectivity index (χ2n) is 10.2. The quantitative estimate of drug-likeness (QED) is 0.168. The predicted molar refractivity (Wildman–Crippen MR) is 168 cm³/mol. The average molecular weight is 605 g/mol. The summed E-state index contributed by atoms with van der Waals surface area (Å²) in [4.78, 5) is 22.2. The topological polar surface area (TPSA) is 69.0 Å². The highest BCUT2D eigenvalue weighted by atomic mass is 19.4. The standard InChI is InChI=1S/C36H27F3N4O2/c37-36(38,39)28-16-18-29(19-17-28)42-31(44)21-20-30-32-34(40-24-41-35(32)45-23-26-12-6-2-7-13-26)43(22-25-10-4-1-5-11-25)33(30)27-14-8-3-9-15-27/h1-21,24H,22-23H2,(H,42,44)/b21-20+. The van der Waals surface area contributed by atoms with Crippen LogP contribution in [0.4, 0.5) is 18.9 Å². The summed E-state index contributed by atoms with van der Waals surface area (Å²) in [6.45, 7) is 0.761. The van der Waals surface area contributed by atoms with Gasteiger partial charge in [-0.05, 0) is 47.0 Å². The van der Waals surface area contributed by atoms with Crippen LogP contribution in [0.1, 0.15) is 22.3 Å². The number of alkyl halides is 3. The highest BCUT2D eigenvalue weighted by Gasteiger charge is 2.30. The third kappa shape index (κ3) is 6.78. The first kappa shape index (κ1) is 29.4. The van der Waals surface area contributed by atoms with Crippen molar-refractivity contribution in [1.82, 2.24) is 14.5 Å². The van der Waals surface area contributed by atoms with Crippen LogP contribution in [0.5, 0.6) is 5.88 Å². The van der Waals surface area contributed by atoms with E-state index in [1.807, 2.05) is 91.0 Å². The van der Waals surface area contributed by atoms with Gasteiger partial charge in [-0.2, -0.15) is 13.2 Å². The van der Waals surface area contributed by atoms with Gasteiger partial charge in [0.25, 0.3) is 0 Å². The molecule has 1 amide bonds. The van der Waals surface area contributed by atoms with Crippen molar-refractivity contribution in [3.63, 3.8) is 0 Å². The summed E-state index contributed by atoms with van der Waals surface area (Å²) in [6, 6.07) is 33.7. The van der Waals surface area contributed by atoms with E-state index < -0.39 is 17.6 Å². The smallest absolute Gasteiger partial charge is 0.416 e. The van der Waals surface area contributed by atoms with E-state index in [1.165, 1.54) is 24.5 Å². The summed E-state index contributed by atoms with van der Waals surface area (Å²) in [6.07, 6.45) is 0.0143. The molecule has 2 aromatic heterocycles. The SMILES string of the molecule is O=C(/C=C/c1c(-c2ccccc2)n(Cc2ccccc2)c2ncnc(OCc3ccccc3)c12)Nc1ccc(C(F)(F)F)cc1. The van der Waals surface area contributed by atoms with Gasteiger partial charge in [-0.3, -0.25) is 4.79 Å². The van der Waals surface area contributed by atoms with E-state index in [2.05, 4.69) is 19.9 Å². The Morgan fingerprint density at radius 1 is 0.800 bits per heavy atom. The highest BCUT2D eigenvalue weighted by molar-refractivity contribution is 6.06. The number of fused-ring (bicyclic) bond motifs is 1. The number of nitrogens with zero attached hydrogens (tertiary/aromatic N) is 3. The van der Waals surface area contributed by atoms with Gasteiger partial charge < -0.3 is 14.6 Å². The van der Waals surface area contributed by atoms with Gasteiger partial charge in [-0.1, -0.05) is 91.0 Å². The molecule has 0 radical (unpaired) electrons. The molecule has 4 aromatic carbocycles. The summed E-state index contributed by atoms with van der Waals surface area (Å²) in [5, 5.41) is 3.27. The molecule has 0 fully saturated rings. The lowest BCUT2D eigenvalue weighted by Crippen LogP contribution is -2.09. The number of hydrogen-bond acceptors (Lipinski definition) is 4. The summed E-state index contributed by atoms with van der Waals surface area (Å²) >= 11 is 0. The van der Waals surface area contributed by atoms with Crippen LogP contribution >= 0.6 is 0 Å². The molecule has 0 spiro atoms. The van der Waals surface area contributed by atoms with Gasteiger partial charge in [0.05, 0.1) is 16.6 Å². The molecule has 0 aliphatic carbocycles. The second-order valence-corrected chi connectivity index (χ2v) is 10.2. The van der Waals surface area contributed by atoms with Gasteiger partial charge in [-0.15, -0.1) is 0 Å². The van der Waals surface area contributed by atoms with E-state index in [9.17, 15) is 18.0 Å². The van der Waals surface area contributed by atoms with Gasteiger partial charge in [0.1, 0.15) is 18.6 Å². The van der Waals surface area contributed by atoms with Crippen LogP contribution in [-0.4, -0.2) is 20.4 Å². The average Bonchev–Trinajstić information content (AvgIpc) is 3.37. The first-order chi connectivity index (χ1) is 21.9. The molecule has 45 heavy (non-hydrogen) atoms. The molecule has 224 valence electrons. The fourth-order valence-corrected chi connectivity index (χ4v) is 5.08. The van der Waals surface area contributed by atoms with E-state index in [1.54, 1.807) is 6.08 Å². The zero-order chi connectivity index (χ0) is 31.2. The summed E-state index contributed by atoms with van der Waals surface area (Å²) in [5.74, 6) is -0.156. The number of nitrogens with one attached hydrogen (secondary N) is 1. The maximum absolute atomic E-state index is 13.1. The molecule has 2 heterocycles. The van der Waals surface area contributed by atoms with Crippen LogP contribution in [-0.2, 0) is 24.1 Å². The molecule has 0 bridgehead atoms. The zero-order valence-electron chi connectivity index (χ0n) is 23.9. The Labute approximate surface area is 257 Å². The fourth-order valence-electron chi connectivity index (χ4n) is 5.08. The number of ether oxygens (including phenoxy) is 1. The van der Waals surface area contributed by atoms with Crippen LogP contribution in [0.15, 0.2) is 128 Å². The molecular formula is C36H27F3N4O2. The fraction of sp³-hybridized carbons (Fsp3) is 0.0833. The number of hydrogen-bond donors (Lipinski definition) is 1. The van der Waals surface area contributed by atoms with Crippen molar-refractivity contribution < 1.29 is 22.7 Å². The van der Waals surface area contributed by atoms with E-state index in [-0.39, 0.29) is 12.3 Å². The Morgan fingerprint density at radius 3 is 2.07 bits per heavy atom. The first-order valence-electron chi connectivity index (χ1n) is 14.2. The van der Waals surface area contributed by atoms with Gasteiger partial charge >= 0.3 is 6.18 Å². The molecule has 9 heteroatoms. The Morgan fingerprint density at radius 2 is 1.42 bits per heavy atom. The Bertz CT molecular complexity index is 1940. The lowest BCUT2D eigenvalue weighted by atomic mass is 10.0. The third-order valence-corrected chi connectivity index (χ3v) is 7.17. The van der Waals surface area contributed by atoms with Crippen molar-refractivity contribution in [2.45, 2.75) is 19.3 Å². The molecule has 0 atom stereocenters. The number of halogens is 3. The molecule has 6 aromatic rings. The minimum absolute atomic E-state index is 0.239. The summed E-state index contributed by atoms with van der Waals surface area (Å²) in [7, 11) is 0. The number of carbonyl (C=O) groups is 1. The molecule has 0 aliphatic heterocycles. The number of amides is 1. The van der Waals surface area contributed by atoms with Crippen molar-refractivity contribution in [1.29, 1.82) is 0 Å². The molecule has 1 N–H and O–H groups in total. The van der Waals surface area contributed by atoms with Gasteiger partial charge in [-0.25, -0.2) is 9.97 Å². The number of aromatic nitrogens is 3. The van der Waals surface area contributed by atoms with E-state index in [4.69, 9.17) is 4.74 Å². The molecule has 0 unspecified atom stereocenters. The highest BCUT2D eigenvalue weighted by Crippen LogP contribution is 2.38. The van der Waals surface area contributed by atoms with E-state index in [0.717, 1.165) is 34.5 Å². The predicted octanol–water partition coefficient (Wildman–Crippen LogP) is 8.40. The molecule has 0 saturated heterocycles. The maximum atomic E-state index is 13.1. The number of benzene rings is 4. The maximum Gasteiger partial charge on any atom is 0.416 e. The van der Waals surface area contributed by atoms with Crippen molar-refractivity contribution in [3.8, 4) is 17.1 Å². The van der Waals surface area contributed by atoms with Crippen LogP contribution in [0.2, 0.25) is 0 Å². The minimum atomic E-state index is -4.47. The van der Waals surface area contributed by atoms with Gasteiger partial charge in [0.15, 0.2) is 0 Å². The van der Waals surface area contributed by atoms with Crippen molar-refractivity contribution in [2.75, 3.05) is 5.32 Å². The van der Waals surface area contributed by atoms with Crippen molar-refractivity contribution in [2.24, 2.45) is 0 Å². The monoisotopic (exact) mass is 604 g/mol. The summed E-state index contributed by atoms with van der Waals surface area (Å²) in [5.41, 5.74) is 4.44. The second kappa shape index (κ2) is 12.9. The molecular weight excluding hydrogens is 577 g/mol. The van der Waals surface area contributed by atoms with Crippen LogP contribution in [0.25, 0.3) is 28.4 Å². The third-order valence-electron chi connectivity index (χ3n) is 7.17. The first-order valence-corrected chi connectivity index (χ1v) is 14.2. The zero-order valence-corrected chi connectivity index (χ0v) is 23.9. The van der Waals surface area contributed by atoms with Crippen molar-refractivity contribution >= 4 is 28.7 Å². The Kier molecular flexibility index (Phi) is 8.41. The molecule has 6 nitrogen and oxygen atoms in total. The van der Waals surface area contributed by atoms with Gasteiger partial charge in [0, 0.05) is 23.9 Å². The van der Waals surface area contributed by atoms with Crippen LogP contribution < -0.4 is 10.1 Å². The van der Waals surface area contributed by atoms with Crippen molar-refractivity contribution in [3.05, 3.63) is 150 Å². The van der Waals surface area contributed by atoms with Crippen LogP contribution in [0, 0.1) is 0 Å². The normalized spacial score (nSPS) is 11.6. The summed E-state index contributed by atoms with van der Waals surface area (Å²) < 4.78 is 47.3. The number of rotatable bonds is 9. The lowest BCUT2D eigenvalue weighted by molar-refractivity contribution is -0.137. The van der Waals surface area contributed by atoms with Crippen LogP contribution in [0.3, 0.4) is 0 Å². The Hall–Kier alpha value is -5.70. The van der Waals surface area contributed by atoms with E-state index in [0.29, 0.717) is 29.0 Å². The van der Waals surface area contributed by atoms with E-state index >= 15 is 0 Å².